The first-order valence-electron chi connectivity index (χ1n) is 11.1. The molecule has 3 atom stereocenters. The summed E-state index contributed by atoms with van der Waals surface area (Å²) in [5.74, 6) is 0.554. The number of nitrogens with zero attached hydrogens (tertiary/aromatic N) is 5. The Balaban J connectivity index is 1.46. The number of pyridine rings is 1. The summed E-state index contributed by atoms with van der Waals surface area (Å²) in [6.07, 6.45) is 4.56. The molecule has 1 saturated heterocycles. The lowest BCUT2D eigenvalue weighted by molar-refractivity contribution is 0.0949. The summed E-state index contributed by atoms with van der Waals surface area (Å²) < 4.78 is 16.5. The van der Waals surface area contributed by atoms with E-state index < -0.39 is 18.1 Å². The number of amides is 1. The minimum Gasteiger partial charge on any atom is -0.373 e. The van der Waals surface area contributed by atoms with Gasteiger partial charge in [0.15, 0.2) is 5.65 Å². The quantitative estimate of drug-likeness (QED) is 0.521. The standard InChI is InChI=1S/C22H27FN8O2/c1-24-19-10-18(28-20-14(11-25-31(19)20)21(32)27-17-9-15(17)23)26-16-6-4-8-30(22(16)33)13-5-3-7-29(2)12-13/h4,6,8,10-11,13,15,17,24H,3,5,7,9,12H2,1-2H3,(H,26,28)(H,27,32)/t13-,15+,17-/m1/s1. The maximum Gasteiger partial charge on any atom is 0.274 e. The number of carbonyl (C=O) groups is 1. The molecule has 0 spiro atoms. The molecule has 5 rings (SSSR count). The van der Waals surface area contributed by atoms with E-state index in [1.807, 2.05) is 12.3 Å². The summed E-state index contributed by atoms with van der Waals surface area (Å²) >= 11 is 0. The minimum atomic E-state index is -1.00. The van der Waals surface area contributed by atoms with Crippen LogP contribution in [0.25, 0.3) is 5.65 Å². The molecule has 2 aliphatic rings. The van der Waals surface area contributed by atoms with E-state index in [1.165, 1.54) is 10.7 Å². The number of aromatic nitrogens is 4. The molecule has 0 radical (unpaired) electrons. The molecule has 1 amide bonds. The normalized spacial score (nSPS) is 22.8. The van der Waals surface area contributed by atoms with Crippen LogP contribution < -0.4 is 21.5 Å². The van der Waals surface area contributed by atoms with Gasteiger partial charge in [-0.3, -0.25) is 9.59 Å². The zero-order valence-corrected chi connectivity index (χ0v) is 18.6. The highest BCUT2D eigenvalue weighted by Crippen LogP contribution is 2.26. The monoisotopic (exact) mass is 454 g/mol. The fraction of sp³-hybridized carbons (Fsp3) is 0.455. The summed E-state index contributed by atoms with van der Waals surface area (Å²) in [5.41, 5.74) is 0.820. The zero-order valence-electron chi connectivity index (χ0n) is 18.6. The number of anilines is 3. The maximum absolute atomic E-state index is 13.2. The first-order valence-corrected chi connectivity index (χ1v) is 11.1. The van der Waals surface area contributed by atoms with Crippen molar-refractivity contribution in [3.63, 3.8) is 0 Å². The number of fused-ring (bicyclic) bond motifs is 1. The molecule has 1 aliphatic carbocycles. The Morgan fingerprint density at radius 2 is 2.15 bits per heavy atom. The van der Waals surface area contributed by atoms with Gasteiger partial charge in [0.2, 0.25) is 0 Å². The smallest absolute Gasteiger partial charge is 0.274 e. The van der Waals surface area contributed by atoms with E-state index in [-0.39, 0.29) is 17.2 Å². The van der Waals surface area contributed by atoms with Crippen LogP contribution in [0.5, 0.6) is 0 Å². The average molecular weight is 455 g/mol. The van der Waals surface area contributed by atoms with Crippen molar-refractivity contribution < 1.29 is 9.18 Å². The fourth-order valence-corrected chi connectivity index (χ4v) is 4.32. The molecule has 3 N–H and O–H groups in total. The molecule has 2 fully saturated rings. The van der Waals surface area contributed by atoms with Crippen molar-refractivity contribution in [1.82, 2.24) is 29.4 Å². The third kappa shape index (κ3) is 4.15. The molecule has 4 heterocycles. The fourth-order valence-electron chi connectivity index (χ4n) is 4.32. The van der Waals surface area contributed by atoms with Crippen molar-refractivity contribution >= 4 is 28.9 Å². The van der Waals surface area contributed by atoms with Crippen LogP contribution in [0, 0.1) is 0 Å². The van der Waals surface area contributed by atoms with Crippen LogP contribution in [-0.4, -0.2) is 69.4 Å². The van der Waals surface area contributed by atoms with Crippen molar-refractivity contribution in [2.75, 3.05) is 37.8 Å². The van der Waals surface area contributed by atoms with Crippen LogP contribution in [0.2, 0.25) is 0 Å². The molecule has 11 heteroatoms. The van der Waals surface area contributed by atoms with Gasteiger partial charge in [-0.2, -0.15) is 9.61 Å². The Hall–Kier alpha value is -3.47. The van der Waals surface area contributed by atoms with Crippen LogP contribution in [-0.2, 0) is 0 Å². The minimum absolute atomic E-state index is 0.119. The van der Waals surface area contributed by atoms with E-state index in [1.54, 1.807) is 23.7 Å². The topological polar surface area (TPSA) is 109 Å². The second kappa shape index (κ2) is 8.47. The molecule has 33 heavy (non-hydrogen) atoms. The number of piperidine rings is 1. The second-order valence-electron chi connectivity index (χ2n) is 8.72. The first kappa shape index (κ1) is 21.4. The van der Waals surface area contributed by atoms with E-state index in [0.29, 0.717) is 29.4 Å². The number of carbonyl (C=O) groups excluding carboxylic acids is 1. The Labute approximate surface area is 189 Å². The van der Waals surface area contributed by atoms with Gasteiger partial charge < -0.3 is 25.4 Å². The van der Waals surface area contributed by atoms with E-state index in [9.17, 15) is 14.0 Å². The number of rotatable bonds is 6. The molecule has 3 aromatic heterocycles. The zero-order chi connectivity index (χ0) is 23.1. The number of halogens is 1. The number of hydrogen-bond donors (Lipinski definition) is 3. The first-order chi connectivity index (χ1) is 15.9. The van der Waals surface area contributed by atoms with Crippen LogP contribution in [0.3, 0.4) is 0 Å². The summed E-state index contributed by atoms with van der Waals surface area (Å²) in [7, 11) is 3.79. The van der Waals surface area contributed by atoms with Crippen molar-refractivity contribution in [3.05, 3.63) is 46.5 Å². The molecule has 3 aromatic rings. The molecule has 1 aliphatic heterocycles. The number of likely N-dealkylation sites (N-methyl/N-ethyl adjacent to an activating group) is 1. The van der Waals surface area contributed by atoms with E-state index in [4.69, 9.17) is 0 Å². The maximum atomic E-state index is 13.2. The van der Waals surface area contributed by atoms with Crippen LogP contribution >= 0.6 is 0 Å². The Kier molecular flexibility index (Phi) is 5.49. The summed E-state index contributed by atoms with van der Waals surface area (Å²) in [5, 5.41) is 13.0. The lowest BCUT2D eigenvalue weighted by Gasteiger charge is -2.31. The average Bonchev–Trinajstić information content (AvgIpc) is 3.31. The molecular weight excluding hydrogens is 427 g/mol. The highest BCUT2D eigenvalue weighted by molar-refractivity contribution is 6.00. The van der Waals surface area contributed by atoms with Gasteiger partial charge in [0.25, 0.3) is 11.5 Å². The molecule has 0 unspecified atom stereocenters. The number of alkyl halides is 1. The Morgan fingerprint density at radius 1 is 1.33 bits per heavy atom. The van der Waals surface area contributed by atoms with Gasteiger partial charge in [0, 0.05) is 38.3 Å². The van der Waals surface area contributed by atoms with Gasteiger partial charge in [-0.1, -0.05) is 0 Å². The highest BCUT2D eigenvalue weighted by Gasteiger charge is 2.39. The van der Waals surface area contributed by atoms with Crippen molar-refractivity contribution in [3.8, 4) is 0 Å². The SMILES string of the molecule is CNc1cc(Nc2cccn([C@@H]3CCCN(C)C3)c2=O)nc2c(C(=O)N[C@@H]3C[C@@H]3F)cnn12. The van der Waals surface area contributed by atoms with Crippen molar-refractivity contribution in [2.24, 2.45) is 0 Å². The molecule has 1 saturated carbocycles. The Bertz CT molecular complexity index is 1250. The van der Waals surface area contributed by atoms with Gasteiger partial charge >= 0.3 is 0 Å². The molecule has 0 bridgehead atoms. The lowest BCUT2D eigenvalue weighted by atomic mass is 10.1. The largest absolute Gasteiger partial charge is 0.373 e. The summed E-state index contributed by atoms with van der Waals surface area (Å²) in [6, 6.07) is 4.93. The third-order valence-electron chi connectivity index (χ3n) is 6.23. The van der Waals surface area contributed by atoms with Crippen LogP contribution in [0.15, 0.2) is 35.4 Å². The predicted molar refractivity (Wildman–Crippen MR) is 123 cm³/mol. The number of likely N-dealkylation sites (tertiary alicyclic amines) is 1. The Morgan fingerprint density at radius 3 is 2.88 bits per heavy atom. The van der Waals surface area contributed by atoms with Crippen LogP contribution in [0.1, 0.15) is 35.7 Å². The van der Waals surface area contributed by atoms with Crippen molar-refractivity contribution in [2.45, 2.75) is 37.5 Å². The number of nitrogens with one attached hydrogen (secondary N) is 3. The van der Waals surface area contributed by atoms with Gasteiger partial charge in [-0.15, -0.1) is 0 Å². The van der Waals surface area contributed by atoms with E-state index in [2.05, 4.69) is 38.0 Å². The van der Waals surface area contributed by atoms with Crippen LogP contribution in [0.4, 0.5) is 21.7 Å². The molecule has 174 valence electrons. The van der Waals surface area contributed by atoms with E-state index >= 15 is 0 Å². The summed E-state index contributed by atoms with van der Waals surface area (Å²) in [6.45, 7) is 1.86. The van der Waals surface area contributed by atoms with Gasteiger partial charge in [0.05, 0.1) is 12.2 Å². The molecule has 0 aromatic carbocycles. The van der Waals surface area contributed by atoms with Gasteiger partial charge in [0.1, 0.15) is 29.1 Å². The molecular formula is C22H27FN8O2. The van der Waals surface area contributed by atoms with Gasteiger partial charge in [-0.25, -0.2) is 9.37 Å². The van der Waals surface area contributed by atoms with Gasteiger partial charge in [-0.05, 0) is 38.6 Å². The highest BCUT2D eigenvalue weighted by atomic mass is 19.1. The number of hydrogen-bond acceptors (Lipinski definition) is 7. The second-order valence-corrected chi connectivity index (χ2v) is 8.72. The van der Waals surface area contributed by atoms with Crippen molar-refractivity contribution in [1.29, 1.82) is 0 Å². The molecule has 10 nitrogen and oxygen atoms in total. The predicted octanol–water partition coefficient (Wildman–Crippen LogP) is 1.78. The third-order valence-corrected chi connectivity index (χ3v) is 6.23. The van der Waals surface area contributed by atoms with E-state index in [0.717, 1.165) is 25.9 Å². The summed E-state index contributed by atoms with van der Waals surface area (Å²) in [4.78, 5) is 32.6. The lowest BCUT2D eigenvalue weighted by Crippen LogP contribution is -2.37.